The van der Waals surface area contributed by atoms with Crippen molar-refractivity contribution in [3.63, 3.8) is 0 Å². The molecule has 2 rings (SSSR count). The summed E-state index contributed by atoms with van der Waals surface area (Å²) in [7, 11) is 0. The van der Waals surface area contributed by atoms with E-state index in [1.807, 2.05) is 0 Å². The van der Waals surface area contributed by atoms with E-state index in [1.165, 1.54) is 6.20 Å². The summed E-state index contributed by atoms with van der Waals surface area (Å²) in [6, 6.07) is 1.22. The highest BCUT2D eigenvalue weighted by atomic mass is 35.5. The van der Waals surface area contributed by atoms with Gasteiger partial charge < -0.3 is 10.3 Å². The molecular formula is C8H9ClN6O. The highest BCUT2D eigenvalue weighted by molar-refractivity contribution is 6.30. The maximum absolute atomic E-state index is 11.7. The van der Waals surface area contributed by atoms with Crippen LogP contribution in [0.4, 0.5) is 0 Å². The number of carbonyl (C=O) groups is 1. The largest absolute Gasteiger partial charge is 0.356 e. The summed E-state index contributed by atoms with van der Waals surface area (Å²) in [5.41, 5.74) is 0.389. The van der Waals surface area contributed by atoms with Crippen LogP contribution < -0.4 is 5.32 Å². The van der Waals surface area contributed by atoms with Crippen LogP contribution in [0.3, 0.4) is 0 Å². The van der Waals surface area contributed by atoms with Gasteiger partial charge in [-0.2, -0.15) is 5.21 Å². The Bertz CT molecular complexity index is 478. The number of aromatic nitrogens is 5. The van der Waals surface area contributed by atoms with E-state index in [2.05, 4.69) is 30.9 Å². The molecule has 3 N–H and O–H groups in total. The minimum atomic E-state index is -0.326. The Hall–Kier alpha value is -1.89. The van der Waals surface area contributed by atoms with Crippen molar-refractivity contribution >= 4 is 17.5 Å². The van der Waals surface area contributed by atoms with Crippen LogP contribution in [0.15, 0.2) is 12.3 Å². The van der Waals surface area contributed by atoms with Gasteiger partial charge in [-0.05, 0) is 13.0 Å². The Morgan fingerprint density at radius 3 is 3.00 bits per heavy atom. The number of aromatic amines is 2. The first-order valence-electron chi connectivity index (χ1n) is 4.55. The molecular weight excluding hydrogens is 232 g/mol. The number of tetrazole rings is 1. The first kappa shape index (κ1) is 10.6. The number of halogens is 1. The zero-order valence-electron chi connectivity index (χ0n) is 8.36. The van der Waals surface area contributed by atoms with E-state index in [-0.39, 0.29) is 11.9 Å². The molecule has 0 saturated carbocycles. The van der Waals surface area contributed by atoms with Crippen LogP contribution in [0.25, 0.3) is 0 Å². The molecule has 1 atom stereocenters. The van der Waals surface area contributed by atoms with Gasteiger partial charge in [0.15, 0.2) is 5.82 Å². The number of nitrogens with zero attached hydrogens (tertiary/aromatic N) is 3. The number of hydrogen-bond donors (Lipinski definition) is 3. The van der Waals surface area contributed by atoms with E-state index in [9.17, 15) is 4.79 Å². The number of hydrogen-bond acceptors (Lipinski definition) is 4. The zero-order chi connectivity index (χ0) is 11.5. The van der Waals surface area contributed by atoms with Crippen LogP contribution in [0.2, 0.25) is 5.02 Å². The Labute approximate surface area is 95.6 Å². The molecule has 7 nitrogen and oxygen atoms in total. The molecule has 1 unspecified atom stereocenters. The van der Waals surface area contributed by atoms with Crippen molar-refractivity contribution in [2.24, 2.45) is 0 Å². The molecule has 8 heteroatoms. The molecule has 0 saturated heterocycles. The van der Waals surface area contributed by atoms with Gasteiger partial charge in [0.2, 0.25) is 0 Å². The van der Waals surface area contributed by atoms with E-state index < -0.39 is 0 Å². The van der Waals surface area contributed by atoms with E-state index >= 15 is 0 Å². The number of amides is 1. The summed E-state index contributed by atoms with van der Waals surface area (Å²) >= 11 is 5.69. The number of rotatable bonds is 3. The lowest BCUT2D eigenvalue weighted by Crippen LogP contribution is -2.27. The van der Waals surface area contributed by atoms with Crippen molar-refractivity contribution in [3.05, 3.63) is 28.8 Å². The molecule has 0 aliphatic heterocycles. The maximum Gasteiger partial charge on any atom is 0.268 e. The van der Waals surface area contributed by atoms with Gasteiger partial charge in [0.1, 0.15) is 5.69 Å². The molecule has 1 amide bonds. The average Bonchev–Trinajstić information content (AvgIpc) is 2.87. The Morgan fingerprint density at radius 1 is 1.62 bits per heavy atom. The lowest BCUT2D eigenvalue weighted by atomic mass is 10.3. The fourth-order valence-corrected chi connectivity index (χ4v) is 1.35. The SMILES string of the molecule is CC(NC(=O)c1cc(Cl)c[nH]1)c1nn[nH]n1. The summed E-state index contributed by atoms with van der Waals surface area (Å²) in [5.74, 6) is 0.148. The van der Waals surface area contributed by atoms with Crippen molar-refractivity contribution in [3.8, 4) is 0 Å². The fraction of sp³-hybridized carbons (Fsp3) is 0.250. The van der Waals surface area contributed by atoms with Gasteiger partial charge in [-0.25, -0.2) is 0 Å². The highest BCUT2D eigenvalue weighted by Crippen LogP contribution is 2.11. The summed E-state index contributed by atoms with van der Waals surface area (Å²) in [6.45, 7) is 1.76. The molecule has 0 radical (unpaired) electrons. The van der Waals surface area contributed by atoms with Gasteiger partial charge in [0, 0.05) is 6.20 Å². The standard InChI is InChI=1S/C8H9ClN6O/c1-4(7-12-14-15-13-7)11-8(16)6-2-5(9)3-10-6/h2-4,10H,1H3,(H,11,16)(H,12,13,14,15). The van der Waals surface area contributed by atoms with Crippen molar-refractivity contribution in [1.29, 1.82) is 0 Å². The van der Waals surface area contributed by atoms with Crippen molar-refractivity contribution in [1.82, 2.24) is 30.9 Å². The number of H-pyrrole nitrogens is 2. The minimum Gasteiger partial charge on any atom is -0.356 e. The lowest BCUT2D eigenvalue weighted by Gasteiger charge is -2.08. The van der Waals surface area contributed by atoms with Crippen LogP contribution in [0, 0.1) is 0 Å². The first-order valence-corrected chi connectivity index (χ1v) is 4.92. The van der Waals surface area contributed by atoms with Crippen molar-refractivity contribution < 1.29 is 4.79 Å². The summed E-state index contributed by atoms with van der Waals surface area (Å²) in [5, 5.41) is 16.4. The molecule has 0 bridgehead atoms. The molecule has 2 aromatic rings. The Morgan fingerprint density at radius 2 is 2.44 bits per heavy atom. The third-order valence-electron chi connectivity index (χ3n) is 1.99. The fourth-order valence-electron chi connectivity index (χ4n) is 1.19. The predicted molar refractivity (Wildman–Crippen MR) is 55.9 cm³/mol. The maximum atomic E-state index is 11.7. The van der Waals surface area contributed by atoms with Crippen LogP contribution in [-0.4, -0.2) is 31.5 Å². The third kappa shape index (κ3) is 2.19. The van der Waals surface area contributed by atoms with Crippen LogP contribution in [-0.2, 0) is 0 Å². The van der Waals surface area contributed by atoms with E-state index in [4.69, 9.17) is 11.6 Å². The second-order valence-corrected chi connectivity index (χ2v) is 3.63. The molecule has 0 spiro atoms. The smallest absolute Gasteiger partial charge is 0.268 e. The van der Waals surface area contributed by atoms with Gasteiger partial charge in [-0.15, -0.1) is 10.2 Å². The van der Waals surface area contributed by atoms with E-state index in [0.29, 0.717) is 16.5 Å². The van der Waals surface area contributed by atoms with E-state index in [1.54, 1.807) is 13.0 Å². The van der Waals surface area contributed by atoms with Gasteiger partial charge in [0.05, 0.1) is 11.1 Å². The molecule has 0 aromatic carbocycles. The van der Waals surface area contributed by atoms with Gasteiger partial charge >= 0.3 is 0 Å². The summed E-state index contributed by atoms with van der Waals surface area (Å²) in [6.07, 6.45) is 1.54. The number of nitrogens with one attached hydrogen (secondary N) is 3. The average molecular weight is 241 g/mol. The molecule has 0 aliphatic carbocycles. The third-order valence-corrected chi connectivity index (χ3v) is 2.21. The zero-order valence-corrected chi connectivity index (χ0v) is 9.12. The summed E-state index contributed by atoms with van der Waals surface area (Å²) in [4.78, 5) is 14.4. The van der Waals surface area contributed by atoms with Gasteiger partial charge in [0.25, 0.3) is 5.91 Å². The topological polar surface area (TPSA) is 99.4 Å². The number of carbonyl (C=O) groups excluding carboxylic acids is 1. The first-order chi connectivity index (χ1) is 7.66. The quantitative estimate of drug-likeness (QED) is 0.734. The molecule has 2 heterocycles. The Balaban J connectivity index is 2.03. The highest BCUT2D eigenvalue weighted by Gasteiger charge is 2.15. The van der Waals surface area contributed by atoms with E-state index in [0.717, 1.165) is 0 Å². The molecule has 84 valence electrons. The Kier molecular flexibility index (Phi) is 2.86. The molecule has 0 fully saturated rings. The van der Waals surface area contributed by atoms with Crippen LogP contribution >= 0.6 is 11.6 Å². The second kappa shape index (κ2) is 4.31. The van der Waals surface area contributed by atoms with Gasteiger partial charge in [-0.3, -0.25) is 4.79 Å². The van der Waals surface area contributed by atoms with Crippen LogP contribution in [0.1, 0.15) is 29.3 Å². The predicted octanol–water partition coefficient (Wildman–Crippen LogP) is 0.672. The second-order valence-electron chi connectivity index (χ2n) is 3.20. The molecule has 16 heavy (non-hydrogen) atoms. The summed E-state index contributed by atoms with van der Waals surface area (Å²) < 4.78 is 0. The molecule has 0 aliphatic rings. The van der Waals surface area contributed by atoms with Crippen LogP contribution in [0.5, 0.6) is 0 Å². The monoisotopic (exact) mass is 240 g/mol. The van der Waals surface area contributed by atoms with Crippen molar-refractivity contribution in [2.45, 2.75) is 13.0 Å². The van der Waals surface area contributed by atoms with Gasteiger partial charge in [-0.1, -0.05) is 16.8 Å². The minimum absolute atomic E-state index is 0.274. The molecule has 2 aromatic heterocycles. The van der Waals surface area contributed by atoms with Crippen molar-refractivity contribution in [2.75, 3.05) is 0 Å². The normalized spacial score (nSPS) is 12.4. The lowest BCUT2D eigenvalue weighted by molar-refractivity contribution is 0.0934.